The van der Waals surface area contributed by atoms with Gasteiger partial charge in [-0.2, -0.15) is 0 Å². The second kappa shape index (κ2) is 6.01. The number of aromatic nitrogens is 2. The largest absolute Gasteiger partial charge is 0.344 e. The molecule has 144 valence electrons. The number of carbonyl (C=O) groups excluding carboxylic acids is 1. The van der Waals surface area contributed by atoms with Crippen molar-refractivity contribution >= 4 is 17.3 Å². The summed E-state index contributed by atoms with van der Waals surface area (Å²) in [5.41, 5.74) is -0.0382. The number of fused-ring (bicyclic) bond motifs is 1. The lowest BCUT2D eigenvalue weighted by Gasteiger charge is -2.38. The van der Waals surface area contributed by atoms with E-state index >= 15 is 0 Å². The Bertz CT molecular complexity index is 1170. The van der Waals surface area contributed by atoms with E-state index in [1.54, 1.807) is 6.07 Å². The van der Waals surface area contributed by atoms with Gasteiger partial charge in [-0.25, -0.2) is 4.79 Å². The number of carbonyl (C=O) groups is 1. The predicted octanol–water partition coefficient (Wildman–Crippen LogP) is 2.17. The molecule has 4 rings (SSSR count). The number of benzene rings is 1. The first kappa shape index (κ1) is 17.9. The molecule has 3 N–H and O–H groups in total. The minimum atomic E-state index is -0.796. The second-order valence-corrected chi connectivity index (χ2v) is 7.94. The summed E-state index contributed by atoms with van der Waals surface area (Å²) in [5.74, 6) is -0.698. The lowest BCUT2D eigenvalue weighted by atomic mass is 9.69. The Kier molecular flexibility index (Phi) is 3.84. The van der Waals surface area contributed by atoms with Crippen LogP contribution in [0.1, 0.15) is 43.7 Å². The van der Waals surface area contributed by atoms with Gasteiger partial charge in [-0.15, -0.1) is 0 Å². The van der Waals surface area contributed by atoms with Gasteiger partial charge in [0.25, 0.3) is 11.2 Å². The summed E-state index contributed by atoms with van der Waals surface area (Å²) in [7, 11) is 0. The van der Waals surface area contributed by atoms with Crippen LogP contribution in [0.3, 0.4) is 0 Å². The molecule has 2 aliphatic rings. The number of anilines is 1. The Morgan fingerprint density at radius 1 is 1.14 bits per heavy atom. The highest BCUT2D eigenvalue weighted by Gasteiger charge is 2.42. The number of ketones is 1. The van der Waals surface area contributed by atoms with E-state index in [0.29, 0.717) is 29.7 Å². The molecule has 1 aliphatic heterocycles. The van der Waals surface area contributed by atoms with Crippen molar-refractivity contribution in [2.75, 3.05) is 5.32 Å². The van der Waals surface area contributed by atoms with E-state index in [-0.39, 0.29) is 28.3 Å². The summed E-state index contributed by atoms with van der Waals surface area (Å²) >= 11 is 0. The third-order valence-electron chi connectivity index (χ3n) is 5.17. The molecular formula is C19H18N4O5. The first-order valence-corrected chi connectivity index (χ1v) is 8.80. The van der Waals surface area contributed by atoms with E-state index in [1.165, 1.54) is 18.2 Å². The summed E-state index contributed by atoms with van der Waals surface area (Å²) in [4.78, 5) is 52.9. The lowest BCUT2D eigenvalue weighted by molar-refractivity contribution is -0.384. The minimum Gasteiger partial charge on any atom is -0.344 e. The van der Waals surface area contributed by atoms with Gasteiger partial charge in [0.1, 0.15) is 5.82 Å². The van der Waals surface area contributed by atoms with Gasteiger partial charge in [0, 0.05) is 35.7 Å². The number of hydrogen-bond acceptors (Lipinski definition) is 6. The molecule has 1 aromatic heterocycles. The maximum Gasteiger partial charge on any atom is 0.327 e. The summed E-state index contributed by atoms with van der Waals surface area (Å²) in [6, 6.07) is 5.88. The molecular weight excluding hydrogens is 364 g/mol. The lowest BCUT2D eigenvalue weighted by Crippen LogP contribution is -2.38. The minimum absolute atomic E-state index is 0.119. The fourth-order valence-corrected chi connectivity index (χ4v) is 4.10. The van der Waals surface area contributed by atoms with Crippen LogP contribution in [-0.4, -0.2) is 20.7 Å². The van der Waals surface area contributed by atoms with Crippen LogP contribution in [0, 0.1) is 15.5 Å². The van der Waals surface area contributed by atoms with Crippen molar-refractivity contribution in [3.05, 3.63) is 77.6 Å². The number of hydrogen-bond donors (Lipinski definition) is 3. The number of Topliss-reactive ketones (excluding diaryl/α,β-unsaturated/α-hetero) is 1. The fraction of sp³-hybridized carbons (Fsp3) is 0.316. The van der Waals surface area contributed by atoms with E-state index in [9.17, 15) is 24.5 Å². The van der Waals surface area contributed by atoms with Crippen molar-refractivity contribution in [1.82, 2.24) is 9.97 Å². The molecule has 1 unspecified atom stereocenters. The molecule has 2 heterocycles. The summed E-state index contributed by atoms with van der Waals surface area (Å²) in [6.45, 7) is 3.93. The third kappa shape index (κ3) is 2.84. The van der Waals surface area contributed by atoms with Crippen LogP contribution < -0.4 is 16.6 Å². The van der Waals surface area contributed by atoms with Gasteiger partial charge in [0.15, 0.2) is 5.78 Å². The SMILES string of the molecule is CC1(C)CC(=O)C2=C(C1)Nc1[nH]c(=O)[nH]c(=O)c1C2c1cccc([N+](=O)[O-])c1. The molecule has 1 aliphatic carbocycles. The van der Waals surface area contributed by atoms with Crippen molar-refractivity contribution < 1.29 is 9.72 Å². The van der Waals surface area contributed by atoms with E-state index in [2.05, 4.69) is 15.3 Å². The van der Waals surface area contributed by atoms with Crippen LogP contribution in [0.2, 0.25) is 0 Å². The van der Waals surface area contributed by atoms with Gasteiger partial charge in [-0.3, -0.25) is 29.7 Å². The number of aromatic amines is 2. The van der Waals surface area contributed by atoms with Crippen LogP contribution in [0.5, 0.6) is 0 Å². The number of nitro groups is 1. The highest BCUT2D eigenvalue weighted by atomic mass is 16.6. The smallest absolute Gasteiger partial charge is 0.327 e. The number of non-ortho nitro benzene ring substituents is 1. The van der Waals surface area contributed by atoms with Gasteiger partial charge in [-0.05, 0) is 17.4 Å². The normalized spacial score (nSPS) is 20.2. The van der Waals surface area contributed by atoms with Crippen LogP contribution in [0.15, 0.2) is 45.1 Å². The zero-order valence-electron chi connectivity index (χ0n) is 15.3. The summed E-state index contributed by atoms with van der Waals surface area (Å²) in [5, 5.41) is 14.3. The molecule has 9 nitrogen and oxygen atoms in total. The number of H-pyrrole nitrogens is 2. The number of nitro benzene ring substituents is 1. The average molecular weight is 382 g/mol. The van der Waals surface area contributed by atoms with E-state index < -0.39 is 22.1 Å². The van der Waals surface area contributed by atoms with Crippen LogP contribution in [0.4, 0.5) is 11.5 Å². The van der Waals surface area contributed by atoms with Crippen molar-refractivity contribution in [2.24, 2.45) is 5.41 Å². The van der Waals surface area contributed by atoms with Gasteiger partial charge >= 0.3 is 5.69 Å². The molecule has 0 saturated heterocycles. The molecule has 0 radical (unpaired) electrons. The number of allylic oxidation sites excluding steroid dienone is 2. The third-order valence-corrected chi connectivity index (χ3v) is 5.17. The summed E-state index contributed by atoms with van der Waals surface area (Å²) in [6.07, 6.45) is 0.850. The fourth-order valence-electron chi connectivity index (χ4n) is 4.10. The Morgan fingerprint density at radius 2 is 1.89 bits per heavy atom. The van der Waals surface area contributed by atoms with Crippen LogP contribution >= 0.6 is 0 Å². The average Bonchev–Trinajstić information content (AvgIpc) is 2.58. The van der Waals surface area contributed by atoms with Gasteiger partial charge in [-0.1, -0.05) is 26.0 Å². The van der Waals surface area contributed by atoms with Crippen molar-refractivity contribution in [2.45, 2.75) is 32.6 Å². The first-order valence-electron chi connectivity index (χ1n) is 8.80. The topological polar surface area (TPSA) is 138 Å². The molecule has 2 aromatic rings. The Hall–Kier alpha value is -3.49. The Morgan fingerprint density at radius 3 is 2.61 bits per heavy atom. The Labute approximate surface area is 158 Å². The van der Waals surface area contributed by atoms with Gasteiger partial charge in [0.2, 0.25) is 0 Å². The van der Waals surface area contributed by atoms with Crippen molar-refractivity contribution in [3.63, 3.8) is 0 Å². The standard InChI is InChI=1S/C19H18N4O5/c1-19(2)7-11-14(12(24)8-19)13(9-4-3-5-10(6-9)23(27)28)15-16(20-11)21-18(26)22-17(15)25/h3-6,13H,7-8H2,1-2H3,(H3,20,21,22,25,26). The second-order valence-electron chi connectivity index (χ2n) is 7.94. The zero-order chi connectivity index (χ0) is 20.2. The van der Waals surface area contributed by atoms with Gasteiger partial charge in [0.05, 0.1) is 10.5 Å². The highest BCUT2D eigenvalue weighted by Crippen LogP contribution is 2.47. The molecule has 1 atom stereocenters. The molecule has 0 bridgehead atoms. The number of nitrogens with one attached hydrogen (secondary N) is 3. The van der Waals surface area contributed by atoms with Crippen LogP contribution in [0.25, 0.3) is 0 Å². The van der Waals surface area contributed by atoms with Gasteiger partial charge < -0.3 is 5.32 Å². The van der Waals surface area contributed by atoms with E-state index in [1.807, 2.05) is 13.8 Å². The molecule has 0 fully saturated rings. The van der Waals surface area contributed by atoms with E-state index in [4.69, 9.17) is 0 Å². The molecule has 0 spiro atoms. The maximum absolute atomic E-state index is 13.0. The first-order chi connectivity index (χ1) is 13.2. The molecule has 0 amide bonds. The number of nitrogens with zero attached hydrogens (tertiary/aromatic N) is 1. The molecule has 28 heavy (non-hydrogen) atoms. The quantitative estimate of drug-likeness (QED) is 0.537. The monoisotopic (exact) mass is 382 g/mol. The molecule has 1 aromatic carbocycles. The zero-order valence-corrected chi connectivity index (χ0v) is 15.3. The number of rotatable bonds is 2. The van der Waals surface area contributed by atoms with E-state index in [0.717, 1.165) is 0 Å². The van der Waals surface area contributed by atoms with Crippen molar-refractivity contribution in [1.29, 1.82) is 0 Å². The molecule has 0 saturated carbocycles. The van der Waals surface area contributed by atoms with Crippen molar-refractivity contribution in [3.8, 4) is 0 Å². The Balaban J connectivity index is 2.01. The summed E-state index contributed by atoms with van der Waals surface area (Å²) < 4.78 is 0. The van der Waals surface area contributed by atoms with Crippen LogP contribution in [-0.2, 0) is 4.79 Å². The maximum atomic E-state index is 13.0. The highest BCUT2D eigenvalue weighted by molar-refractivity contribution is 6.01. The predicted molar refractivity (Wildman–Crippen MR) is 101 cm³/mol. The molecule has 9 heteroatoms.